The third-order valence-corrected chi connectivity index (χ3v) is 6.14. The van der Waals surface area contributed by atoms with Crippen LogP contribution in [0.1, 0.15) is 48.4 Å². The van der Waals surface area contributed by atoms with Crippen molar-refractivity contribution in [2.75, 3.05) is 18.1 Å². The number of nitrogens with zero attached hydrogens (tertiary/aromatic N) is 1. The normalized spacial score (nSPS) is 16.8. The number of aliphatic hydroxyl groups excluding tert-OH is 1. The molecule has 0 bridgehead atoms. The molecule has 1 aliphatic heterocycles. The number of esters is 1. The second kappa shape index (κ2) is 10.7. The van der Waals surface area contributed by atoms with Gasteiger partial charge in [0, 0.05) is 29.2 Å². The van der Waals surface area contributed by atoms with Gasteiger partial charge in [-0.25, -0.2) is 4.79 Å². The molecule has 1 N–H and O–H groups in total. The summed E-state index contributed by atoms with van der Waals surface area (Å²) in [7, 11) is 0. The van der Waals surface area contributed by atoms with E-state index in [1.54, 1.807) is 42.2 Å². The lowest BCUT2D eigenvalue weighted by Crippen LogP contribution is -2.31. The molecule has 3 aromatic rings. The zero-order valence-corrected chi connectivity index (χ0v) is 20.3. The minimum Gasteiger partial charge on any atom is -0.493 e. The second-order valence-corrected chi connectivity index (χ2v) is 9.03. The third-order valence-electron chi connectivity index (χ3n) is 6.14. The van der Waals surface area contributed by atoms with Crippen molar-refractivity contribution in [3.63, 3.8) is 0 Å². The van der Waals surface area contributed by atoms with Crippen LogP contribution in [-0.4, -0.2) is 30.2 Å². The number of anilines is 2. The predicted molar refractivity (Wildman–Crippen MR) is 135 cm³/mol. The molecular weight excluding hydrogens is 442 g/mol. The van der Waals surface area contributed by atoms with Gasteiger partial charge in [0.1, 0.15) is 5.75 Å². The Labute approximate surface area is 206 Å². The fourth-order valence-electron chi connectivity index (χ4n) is 4.31. The quantitative estimate of drug-likeness (QED) is 0.461. The Morgan fingerprint density at radius 2 is 1.77 bits per heavy atom. The standard InChI is InChI=1S/C29H31NO5/c1-4-34-29(33)21-11-8-12-23(16-21)30(28(32)19(2)3)24-13-14-25-26(17-24)35-18-22(27(25)31)15-20-9-6-5-7-10-20/h5-14,16-17,19,22,27,31H,4,15,18H2,1-3H3/t22-,27+/m1/s1. The average Bonchev–Trinajstić information content (AvgIpc) is 2.87. The Hall–Kier alpha value is -3.64. The number of fused-ring (bicyclic) bond motifs is 1. The number of carbonyl (C=O) groups is 2. The lowest BCUT2D eigenvalue weighted by atomic mass is 9.88. The van der Waals surface area contributed by atoms with Crippen molar-refractivity contribution in [3.8, 4) is 5.75 Å². The third kappa shape index (κ3) is 5.38. The smallest absolute Gasteiger partial charge is 0.338 e. The number of carbonyl (C=O) groups excluding carboxylic acids is 2. The summed E-state index contributed by atoms with van der Waals surface area (Å²) in [5.74, 6) is -0.344. The number of aliphatic hydroxyl groups is 1. The highest BCUT2D eigenvalue weighted by atomic mass is 16.5. The van der Waals surface area contributed by atoms with E-state index in [0.717, 1.165) is 5.56 Å². The van der Waals surface area contributed by atoms with Crippen LogP contribution < -0.4 is 9.64 Å². The Morgan fingerprint density at radius 1 is 1.03 bits per heavy atom. The lowest BCUT2D eigenvalue weighted by Gasteiger charge is -2.32. The van der Waals surface area contributed by atoms with Gasteiger partial charge in [-0.05, 0) is 43.2 Å². The van der Waals surface area contributed by atoms with Crippen LogP contribution >= 0.6 is 0 Å². The van der Waals surface area contributed by atoms with Gasteiger partial charge in [0.2, 0.25) is 5.91 Å². The van der Waals surface area contributed by atoms with E-state index in [4.69, 9.17) is 9.47 Å². The first-order valence-corrected chi connectivity index (χ1v) is 12.0. The zero-order valence-electron chi connectivity index (χ0n) is 20.3. The number of hydrogen-bond donors (Lipinski definition) is 1. The fourth-order valence-corrected chi connectivity index (χ4v) is 4.31. The molecule has 0 unspecified atom stereocenters. The van der Waals surface area contributed by atoms with E-state index in [9.17, 15) is 14.7 Å². The van der Waals surface area contributed by atoms with Gasteiger partial charge in [0.25, 0.3) is 0 Å². The summed E-state index contributed by atoms with van der Waals surface area (Å²) in [6.45, 7) is 6.06. The van der Waals surface area contributed by atoms with Crippen molar-refractivity contribution < 1.29 is 24.2 Å². The molecular formula is C29H31NO5. The van der Waals surface area contributed by atoms with E-state index < -0.39 is 12.1 Å². The highest BCUT2D eigenvalue weighted by Gasteiger charge is 2.31. The SMILES string of the molecule is CCOC(=O)c1cccc(N(C(=O)C(C)C)c2ccc3c(c2)OC[C@@H](Cc2ccccc2)[C@@H]3O)c1. The van der Waals surface area contributed by atoms with E-state index in [2.05, 4.69) is 0 Å². The first-order chi connectivity index (χ1) is 16.9. The molecule has 3 aromatic carbocycles. The maximum absolute atomic E-state index is 13.3. The van der Waals surface area contributed by atoms with Crippen LogP contribution in [0.5, 0.6) is 5.75 Å². The molecule has 0 fully saturated rings. The highest BCUT2D eigenvalue weighted by Crippen LogP contribution is 2.40. The summed E-state index contributed by atoms with van der Waals surface area (Å²) in [6.07, 6.45) is 0.0383. The predicted octanol–water partition coefficient (Wildman–Crippen LogP) is 5.47. The highest BCUT2D eigenvalue weighted by molar-refractivity contribution is 6.03. The van der Waals surface area contributed by atoms with Gasteiger partial charge in [-0.1, -0.05) is 56.3 Å². The maximum atomic E-state index is 13.3. The van der Waals surface area contributed by atoms with Crippen LogP contribution in [0.25, 0.3) is 0 Å². The lowest BCUT2D eigenvalue weighted by molar-refractivity contribution is -0.120. The molecule has 4 rings (SSSR count). The first-order valence-electron chi connectivity index (χ1n) is 12.0. The van der Waals surface area contributed by atoms with Gasteiger partial charge < -0.3 is 14.6 Å². The summed E-state index contributed by atoms with van der Waals surface area (Å²) >= 11 is 0. The average molecular weight is 474 g/mol. The van der Waals surface area contributed by atoms with Gasteiger partial charge in [-0.3, -0.25) is 9.69 Å². The van der Waals surface area contributed by atoms with Crippen molar-refractivity contribution >= 4 is 23.3 Å². The molecule has 2 atom stereocenters. The molecule has 1 amide bonds. The van der Waals surface area contributed by atoms with Crippen LogP contribution in [0.15, 0.2) is 72.8 Å². The van der Waals surface area contributed by atoms with Crippen LogP contribution in [0.3, 0.4) is 0 Å². The molecule has 0 aliphatic carbocycles. The number of benzene rings is 3. The fraction of sp³-hybridized carbons (Fsp3) is 0.310. The van der Waals surface area contributed by atoms with Crippen LogP contribution in [0.4, 0.5) is 11.4 Å². The topological polar surface area (TPSA) is 76.1 Å². The summed E-state index contributed by atoms with van der Waals surface area (Å²) in [5.41, 5.74) is 3.40. The molecule has 35 heavy (non-hydrogen) atoms. The number of hydrogen-bond acceptors (Lipinski definition) is 5. The van der Waals surface area contributed by atoms with E-state index in [1.807, 2.05) is 56.3 Å². The Balaban J connectivity index is 1.65. The first kappa shape index (κ1) is 24.5. The second-order valence-electron chi connectivity index (χ2n) is 9.03. The summed E-state index contributed by atoms with van der Waals surface area (Å²) < 4.78 is 11.2. The molecule has 1 aliphatic rings. The Bertz CT molecular complexity index is 1190. The minimum atomic E-state index is -0.672. The largest absolute Gasteiger partial charge is 0.493 e. The van der Waals surface area contributed by atoms with E-state index in [0.29, 0.717) is 41.3 Å². The van der Waals surface area contributed by atoms with Gasteiger partial charge in [-0.2, -0.15) is 0 Å². The molecule has 0 saturated heterocycles. The minimum absolute atomic E-state index is 0.0644. The Kier molecular flexibility index (Phi) is 7.51. The van der Waals surface area contributed by atoms with E-state index >= 15 is 0 Å². The Morgan fingerprint density at radius 3 is 2.49 bits per heavy atom. The molecule has 0 spiro atoms. The molecule has 6 nitrogen and oxygen atoms in total. The van der Waals surface area contributed by atoms with Crippen molar-refractivity contribution in [2.45, 2.75) is 33.3 Å². The van der Waals surface area contributed by atoms with E-state index in [1.165, 1.54) is 0 Å². The van der Waals surface area contributed by atoms with Gasteiger partial charge in [-0.15, -0.1) is 0 Å². The van der Waals surface area contributed by atoms with E-state index in [-0.39, 0.29) is 24.3 Å². The summed E-state index contributed by atoms with van der Waals surface area (Å²) in [4.78, 5) is 27.1. The van der Waals surface area contributed by atoms with Gasteiger partial charge >= 0.3 is 5.97 Å². The number of ether oxygens (including phenoxy) is 2. The molecule has 6 heteroatoms. The van der Waals surface area contributed by atoms with Crippen molar-refractivity contribution in [1.82, 2.24) is 0 Å². The zero-order chi connectivity index (χ0) is 24.9. The number of rotatable bonds is 7. The molecule has 1 heterocycles. The van der Waals surface area contributed by atoms with Crippen molar-refractivity contribution in [3.05, 3.63) is 89.5 Å². The van der Waals surface area contributed by atoms with Crippen molar-refractivity contribution in [2.24, 2.45) is 11.8 Å². The monoisotopic (exact) mass is 473 g/mol. The molecule has 182 valence electrons. The van der Waals surface area contributed by atoms with Crippen molar-refractivity contribution in [1.29, 1.82) is 0 Å². The maximum Gasteiger partial charge on any atom is 0.338 e. The van der Waals surface area contributed by atoms with Crippen LogP contribution in [-0.2, 0) is 16.0 Å². The van der Waals surface area contributed by atoms with Crippen LogP contribution in [0, 0.1) is 11.8 Å². The number of amides is 1. The summed E-state index contributed by atoms with van der Waals surface area (Å²) in [6, 6.07) is 22.3. The molecule has 0 aromatic heterocycles. The molecule has 0 radical (unpaired) electrons. The molecule has 0 saturated carbocycles. The van der Waals surface area contributed by atoms with Gasteiger partial charge in [0.15, 0.2) is 0 Å². The van der Waals surface area contributed by atoms with Crippen LogP contribution in [0.2, 0.25) is 0 Å². The summed E-state index contributed by atoms with van der Waals surface area (Å²) in [5, 5.41) is 11.1. The van der Waals surface area contributed by atoms with Gasteiger partial charge in [0.05, 0.1) is 30.6 Å².